The molecule has 3 aromatic heterocycles. The number of rotatable bonds is 6. The van der Waals surface area contributed by atoms with E-state index in [2.05, 4.69) is 15.3 Å². The molecule has 1 amide bonds. The number of nitrogens with zero attached hydrogens (tertiary/aromatic N) is 2. The molecule has 4 aromatic rings. The number of furan rings is 1. The van der Waals surface area contributed by atoms with Crippen LogP contribution in [0.5, 0.6) is 11.5 Å². The van der Waals surface area contributed by atoms with E-state index in [-0.39, 0.29) is 12.3 Å². The van der Waals surface area contributed by atoms with Crippen molar-refractivity contribution in [2.45, 2.75) is 13.3 Å². The Morgan fingerprint density at radius 3 is 2.93 bits per heavy atom. The molecule has 1 aromatic carbocycles. The second-order valence-corrected chi connectivity index (χ2v) is 6.98. The van der Waals surface area contributed by atoms with Crippen LogP contribution >= 0.6 is 11.3 Å². The number of amides is 1. The molecule has 28 heavy (non-hydrogen) atoms. The molecule has 6 nitrogen and oxygen atoms in total. The lowest BCUT2D eigenvalue weighted by Crippen LogP contribution is -2.14. The Labute approximate surface area is 165 Å². The number of aryl methyl sites for hydroxylation is 1. The molecule has 7 heteroatoms. The smallest absolute Gasteiger partial charge is 0.230 e. The molecule has 0 fully saturated rings. The van der Waals surface area contributed by atoms with Crippen molar-refractivity contribution in [1.29, 1.82) is 0 Å². The van der Waals surface area contributed by atoms with Crippen molar-refractivity contribution in [2.75, 3.05) is 5.32 Å². The number of hydrogen-bond donors (Lipinski definition) is 1. The highest BCUT2D eigenvalue weighted by Crippen LogP contribution is 2.27. The molecule has 0 aliphatic rings. The van der Waals surface area contributed by atoms with Gasteiger partial charge in [-0.1, -0.05) is 0 Å². The molecule has 140 valence electrons. The summed E-state index contributed by atoms with van der Waals surface area (Å²) in [5.41, 5.74) is 2.33. The molecular weight excluding hydrogens is 374 g/mol. The van der Waals surface area contributed by atoms with Gasteiger partial charge in [0.05, 0.1) is 24.6 Å². The van der Waals surface area contributed by atoms with Crippen LogP contribution in [0.25, 0.3) is 10.8 Å². The van der Waals surface area contributed by atoms with Gasteiger partial charge >= 0.3 is 0 Å². The summed E-state index contributed by atoms with van der Waals surface area (Å²) in [6.45, 7) is 1.93. The van der Waals surface area contributed by atoms with Crippen molar-refractivity contribution in [3.8, 4) is 22.3 Å². The van der Waals surface area contributed by atoms with E-state index < -0.39 is 0 Å². The maximum absolute atomic E-state index is 12.4. The minimum Gasteiger partial charge on any atom is -0.462 e. The van der Waals surface area contributed by atoms with Crippen LogP contribution in [0.1, 0.15) is 11.3 Å². The van der Waals surface area contributed by atoms with Gasteiger partial charge < -0.3 is 14.5 Å². The number of carbonyl (C=O) groups is 1. The fourth-order valence-corrected chi connectivity index (χ4v) is 3.43. The van der Waals surface area contributed by atoms with Gasteiger partial charge in [0.1, 0.15) is 11.5 Å². The largest absolute Gasteiger partial charge is 0.462 e. The first-order valence-electron chi connectivity index (χ1n) is 8.64. The second-order valence-electron chi connectivity index (χ2n) is 6.12. The molecule has 0 saturated carbocycles. The van der Waals surface area contributed by atoms with Gasteiger partial charge in [-0.15, -0.1) is 11.3 Å². The Bertz CT molecular complexity index is 1080. The number of aromatic nitrogens is 2. The summed E-state index contributed by atoms with van der Waals surface area (Å²) < 4.78 is 11.1. The van der Waals surface area contributed by atoms with Crippen LogP contribution in [0.15, 0.2) is 70.9 Å². The summed E-state index contributed by atoms with van der Waals surface area (Å²) in [6, 6.07) is 12.8. The molecule has 0 bridgehead atoms. The number of nitrogens with one attached hydrogen (secondary N) is 1. The lowest BCUT2D eigenvalue weighted by Gasteiger charge is -2.11. The zero-order valence-electron chi connectivity index (χ0n) is 15.1. The number of carbonyl (C=O) groups excluding carboxylic acids is 1. The molecule has 0 atom stereocenters. The van der Waals surface area contributed by atoms with Crippen LogP contribution in [0, 0.1) is 6.92 Å². The first-order valence-corrected chi connectivity index (χ1v) is 9.52. The Morgan fingerprint density at radius 2 is 2.18 bits per heavy atom. The molecule has 0 radical (unpaired) electrons. The van der Waals surface area contributed by atoms with Crippen LogP contribution in [-0.4, -0.2) is 15.9 Å². The average Bonchev–Trinajstić information content (AvgIpc) is 3.36. The fraction of sp³-hybridized carbons (Fsp3) is 0.0952. The van der Waals surface area contributed by atoms with Gasteiger partial charge in [0, 0.05) is 17.3 Å². The monoisotopic (exact) mass is 391 g/mol. The van der Waals surface area contributed by atoms with Crippen LogP contribution < -0.4 is 10.1 Å². The van der Waals surface area contributed by atoms with E-state index >= 15 is 0 Å². The summed E-state index contributed by atoms with van der Waals surface area (Å²) in [6.07, 6.45) is 5.15. The van der Waals surface area contributed by atoms with E-state index in [0.717, 1.165) is 10.6 Å². The number of hydrogen-bond acceptors (Lipinski definition) is 6. The molecule has 0 aliphatic carbocycles. The second kappa shape index (κ2) is 8.06. The van der Waals surface area contributed by atoms with Crippen LogP contribution in [-0.2, 0) is 11.2 Å². The lowest BCUT2D eigenvalue weighted by molar-refractivity contribution is -0.115. The van der Waals surface area contributed by atoms with Gasteiger partial charge in [-0.05, 0) is 55.0 Å². The number of pyridine rings is 1. The Balaban J connectivity index is 1.38. The van der Waals surface area contributed by atoms with Crippen LogP contribution in [0.3, 0.4) is 0 Å². The molecule has 0 unspecified atom stereocenters. The van der Waals surface area contributed by atoms with Crippen molar-refractivity contribution in [2.24, 2.45) is 0 Å². The van der Waals surface area contributed by atoms with E-state index in [9.17, 15) is 4.79 Å². The minimum atomic E-state index is -0.128. The highest BCUT2D eigenvalue weighted by molar-refractivity contribution is 7.13. The minimum absolute atomic E-state index is 0.128. The standard InChI is InChI=1S/C21H17N3O3S/c1-14-10-15(6-7-18(14)27-17-4-2-8-22-12-17)23-20(25)11-16-13-28-21(24-16)19-5-3-9-26-19/h2-10,12-13H,11H2,1H3,(H,23,25). The zero-order chi connectivity index (χ0) is 19.3. The van der Waals surface area contributed by atoms with E-state index in [1.54, 1.807) is 18.7 Å². The zero-order valence-corrected chi connectivity index (χ0v) is 15.9. The lowest BCUT2D eigenvalue weighted by atomic mass is 10.2. The predicted octanol–water partition coefficient (Wildman–Crippen LogP) is 5.08. The van der Waals surface area contributed by atoms with Gasteiger partial charge in [-0.3, -0.25) is 9.78 Å². The van der Waals surface area contributed by atoms with E-state index in [1.165, 1.54) is 11.3 Å². The first kappa shape index (κ1) is 17.9. The quantitative estimate of drug-likeness (QED) is 0.496. The van der Waals surface area contributed by atoms with E-state index in [4.69, 9.17) is 9.15 Å². The molecular formula is C21H17N3O3S. The van der Waals surface area contributed by atoms with Crippen molar-refractivity contribution in [3.63, 3.8) is 0 Å². The SMILES string of the molecule is Cc1cc(NC(=O)Cc2csc(-c3ccco3)n2)ccc1Oc1cccnc1. The summed E-state index contributed by atoms with van der Waals surface area (Å²) in [5, 5.41) is 5.53. The predicted molar refractivity (Wildman–Crippen MR) is 108 cm³/mol. The van der Waals surface area contributed by atoms with Gasteiger partial charge in [-0.25, -0.2) is 4.98 Å². The van der Waals surface area contributed by atoms with E-state index in [1.807, 2.05) is 54.8 Å². The van der Waals surface area contributed by atoms with E-state index in [0.29, 0.717) is 28.6 Å². The highest BCUT2D eigenvalue weighted by atomic mass is 32.1. The number of benzene rings is 1. The molecule has 4 rings (SSSR count). The van der Waals surface area contributed by atoms with Crippen molar-refractivity contribution in [3.05, 3.63) is 77.8 Å². The first-order chi connectivity index (χ1) is 13.7. The molecule has 3 heterocycles. The molecule has 0 aliphatic heterocycles. The maximum atomic E-state index is 12.4. The molecule has 1 N–H and O–H groups in total. The highest BCUT2D eigenvalue weighted by Gasteiger charge is 2.11. The van der Waals surface area contributed by atoms with Crippen molar-refractivity contribution < 1.29 is 13.9 Å². The van der Waals surface area contributed by atoms with Crippen molar-refractivity contribution >= 4 is 22.9 Å². The third-order valence-electron chi connectivity index (χ3n) is 3.95. The van der Waals surface area contributed by atoms with Crippen LogP contribution in [0.4, 0.5) is 5.69 Å². The Hall–Kier alpha value is -3.45. The average molecular weight is 391 g/mol. The molecule has 0 spiro atoms. The number of ether oxygens (including phenoxy) is 1. The summed E-state index contributed by atoms with van der Waals surface area (Å²) in [4.78, 5) is 20.8. The maximum Gasteiger partial charge on any atom is 0.230 e. The summed E-state index contributed by atoms with van der Waals surface area (Å²) in [7, 11) is 0. The third kappa shape index (κ3) is 4.27. The van der Waals surface area contributed by atoms with Crippen LogP contribution in [0.2, 0.25) is 0 Å². The summed E-state index contributed by atoms with van der Waals surface area (Å²) >= 11 is 1.45. The topological polar surface area (TPSA) is 77.2 Å². The van der Waals surface area contributed by atoms with Gasteiger partial charge in [0.2, 0.25) is 5.91 Å². The van der Waals surface area contributed by atoms with Gasteiger partial charge in [-0.2, -0.15) is 0 Å². The summed E-state index contributed by atoms with van der Waals surface area (Å²) in [5.74, 6) is 1.96. The van der Waals surface area contributed by atoms with Gasteiger partial charge in [0.15, 0.2) is 10.8 Å². The number of thiazole rings is 1. The number of anilines is 1. The third-order valence-corrected chi connectivity index (χ3v) is 4.85. The van der Waals surface area contributed by atoms with Gasteiger partial charge in [0.25, 0.3) is 0 Å². The fourth-order valence-electron chi connectivity index (χ4n) is 2.65. The Kier molecular flexibility index (Phi) is 5.16. The molecule has 0 saturated heterocycles. The normalized spacial score (nSPS) is 10.6. The van der Waals surface area contributed by atoms with Crippen molar-refractivity contribution in [1.82, 2.24) is 9.97 Å². The Morgan fingerprint density at radius 1 is 1.25 bits per heavy atom.